The summed E-state index contributed by atoms with van der Waals surface area (Å²) >= 11 is 5.90. The molecule has 1 unspecified atom stereocenters. The van der Waals surface area contributed by atoms with Crippen LogP contribution in [0.3, 0.4) is 0 Å². The summed E-state index contributed by atoms with van der Waals surface area (Å²) in [5.74, 6) is 0.250. The van der Waals surface area contributed by atoms with Gasteiger partial charge in [0.05, 0.1) is 4.92 Å². The third kappa shape index (κ3) is 5.35. The lowest BCUT2D eigenvalue weighted by atomic mass is 10.1. The van der Waals surface area contributed by atoms with Crippen LogP contribution in [0.25, 0.3) is 0 Å². The largest absolute Gasteiger partial charge is 0.483 e. The molecule has 0 fully saturated rings. The van der Waals surface area contributed by atoms with Gasteiger partial charge < -0.3 is 10.1 Å². The fraction of sp³-hybridized carbons (Fsp3) is 0.571. The second-order valence-electron chi connectivity index (χ2n) is 4.64. The molecule has 0 heterocycles. The van der Waals surface area contributed by atoms with Crippen molar-refractivity contribution in [3.8, 4) is 5.75 Å². The molecule has 0 saturated heterocycles. The van der Waals surface area contributed by atoms with Gasteiger partial charge in [-0.2, -0.15) is 0 Å². The van der Waals surface area contributed by atoms with Crippen LogP contribution in [0.5, 0.6) is 5.75 Å². The minimum absolute atomic E-state index is 0.0413. The smallest absolute Gasteiger partial charge is 0.311 e. The van der Waals surface area contributed by atoms with Crippen LogP contribution in [0.4, 0.5) is 5.69 Å². The summed E-state index contributed by atoms with van der Waals surface area (Å²) in [5.41, 5.74) is -0.0413. The second-order valence-corrected chi connectivity index (χ2v) is 5.08. The van der Waals surface area contributed by atoms with Crippen molar-refractivity contribution in [2.75, 3.05) is 13.6 Å². The van der Waals surface area contributed by atoms with Gasteiger partial charge >= 0.3 is 5.69 Å². The van der Waals surface area contributed by atoms with Gasteiger partial charge in [-0.15, -0.1) is 0 Å². The molecule has 20 heavy (non-hydrogen) atoms. The molecule has 6 heteroatoms. The Labute approximate surface area is 124 Å². The molecule has 1 rings (SSSR count). The number of benzene rings is 1. The number of nitrogens with one attached hydrogen (secondary N) is 1. The van der Waals surface area contributed by atoms with E-state index in [1.54, 1.807) is 0 Å². The lowest BCUT2D eigenvalue weighted by molar-refractivity contribution is -0.386. The van der Waals surface area contributed by atoms with E-state index in [1.165, 1.54) is 18.2 Å². The Bertz CT molecular complexity index is 432. The molecule has 1 N–H and O–H groups in total. The lowest BCUT2D eigenvalue weighted by Crippen LogP contribution is -2.23. The average molecular weight is 301 g/mol. The molecule has 0 bridgehead atoms. The summed E-state index contributed by atoms with van der Waals surface area (Å²) in [4.78, 5) is 10.6. The van der Waals surface area contributed by atoms with E-state index in [4.69, 9.17) is 16.3 Å². The molecule has 0 spiro atoms. The van der Waals surface area contributed by atoms with Gasteiger partial charge in [0.25, 0.3) is 0 Å². The van der Waals surface area contributed by atoms with Gasteiger partial charge in [0.1, 0.15) is 6.10 Å². The van der Waals surface area contributed by atoms with Crippen molar-refractivity contribution in [1.82, 2.24) is 5.32 Å². The van der Waals surface area contributed by atoms with Crippen molar-refractivity contribution in [2.24, 2.45) is 0 Å². The van der Waals surface area contributed by atoms with E-state index in [2.05, 4.69) is 12.2 Å². The Kier molecular flexibility index (Phi) is 7.33. The van der Waals surface area contributed by atoms with Gasteiger partial charge in [0.2, 0.25) is 0 Å². The summed E-state index contributed by atoms with van der Waals surface area (Å²) in [6, 6.07) is 4.39. The number of unbranched alkanes of at least 4 members (excludes halogenated alkanes) is 1. The number of nitro benzene ring substituents is 1. The highest BCUT2D eigenvalue weighted by Crippen LogP contribution is 2.31. The topological polar surface area (TPSA) is 64.4 Å². The number of nitro groups is 1. The average Bonchev–Trinajstić information content (AvgIpc) is 2.41. The summed E-state index contributed by atoms with van der Waals surface area (Å²) in [5, 5.41) is 14.5. The summed E-state index contributed by atoms with van der Waals surface area (Å²) in [7, 11) is 1.87. The number of nitrogens with zero attached hydrogens (tertiary/aromatic N) is 1. The first kappa shape index (κ1) is 16.7. The molecule has 1 aromatic rings. The zero-order chi connectivity index (χ0) is 15.0. The van der Waals surface area contributed by atoms with Crippen molar-refractivity contribution in [2.45, 2.75) is 38.7 Å². The van der Waals surface area contributed by atoms with Crippen LogP contribution in [0.1, 0.15) is 32.6 Å². The van der Waals surface area contributed by atoms with Gasteiger partial charge in [0.15, 0.2) is 5.75 Å². The molecule has 1 atom stereocenters. The highest BCUT2D eigenvalue weighted by Gasteiger charge is 2.19. The fourth-order valence-corrected chi connectivity index (χ4v) is 2.07. The number of ether oxygens (including phenoxy) is 1. The minimum Gasteiger partial charge on any atom is -0.483 e. The molecule has 0 radical (unpaired) electrons. The Hall–Kier alpha value is -1.33. The third-order valence-electron chi connectivity index (χ3n) is 3.01. The predicted molar refractivity (Wildman–Crippen MR) is 80.6 cm³/mol. The molecule has 5 nitrogen and oxygen atoms in total. The fourth-order valence-electron chi connectivity index (χ4n) is 1.91. The van der Waals surface area contributed by atoms with E-state index >= 15 is 0 Å². The Morgan fingerprint density at radius 1 is 1.45 bits per heavy atom. The van der Waals surface area contributed by atoms with Crippen molar-refractivity contribution < 1.29 is 9.66 Å². The van der Waals surface area contributed by atoms with Crippen molar-refractivity contribution >= 4 is 17.3 Å². The molecule has 0 aliphatic heterocycles. The summed E-state index contributed by atoms with van der Waals surface area (Å²) in [6.45, 7) is 2.92. The number of rotatable bonds is 9. The predicted octanol–water partition coefficient (Wildman–Crippen LogP) is 3.80. The van der Waals surface area contributed by atoms with E-state index in [-0.39, 0.29) is 17.5 Å². The number of halogens is 1. The zero-order valence-corrected chi connectivity index (χ0v) is 12.7. The summed E-state index contributed by atoms with van der Waals surface area (Å²) < 4.78 is 5.83. The molecule has 0 aliphatic rings. The van der Waals surface area contributed by atoms with Crippen LogP contribution >= 0.6 is 11.6 Å². The van der Waals surface area contributed by atoms with E-state index in [0.29, 0.717) is 5.02 Å². The molecular weight excluding hydrogens is 280 g/mol. The molecule has 112 valence electrons. The van der Waals surface area contributed by atoms with Crippen molar-refractivity contribution in [1.29, 1.82) is 0 Å². The maximum Gasteiger partial charge on any atom is 0.311 e. The number of hydrogen-bond donors (Lipinski definition) is 1. The molecular formula is C14H21ClN2O3. The quantitative estimate of drug-likeness (QED) is 0.556. The van der Waals surface area contributed by atoms with Gasteiger partial charge in [-0.25, -0.2) is 0 Å². The normalized spacial score (nSPS) is 12.2. The first-order valence-corrected chi connectivity index (χ1v) is 7.21. The zero-order valence-electron chi connectivity index (χ0n) is 11.9. The molecule has 0 saturated carbocycles. The Morgan fingerprint density at radius 3 is 2.80 bits per heavy atom. The van der Waals surface area contributed by atoms with Gasteiger partial charge in [-0.05, 0) is 32.5 Å². The highest BCUT2D eigenvalue weighted by atomic mass is 35.5. The SMILES string of the molecule is CCCCC(CCNC)Oc1cc(Cl)ccc1[N+](=O)[O-]. The van der Waals surface area contributed by atoms with Crippen LogP contribution in [-0.2, 0) is 0 Å². The second kappa shape index (κ2) is 8.76. The monoisotopic (exact) mass is 300 g/mol. The number of hydrogen-bond acceptors (Lipinski definition) is 4. The molecule has 1 aromatic carbocycles. The molecule has 0 aromatic heterocycles. The maximum absolute atomic E-state index is 11.0. The van der Waals surface area contributed by atoms with Gasteiger partial charge in [0, 0.05) is 17.2 Å². The third-order valence-corrected chi connectivity index (χ3v) is 3.24. The van der Waals surface area contributed by atoms with Crippen LogP contribution in [-0.4, -0.2) is 24.6 Å². The standard InChI is InChI=1S/C14H21ClN2O3/c1-3-4-5-12(8-9-16-2)20-14-10-11(15)6-7-13(14)17(18)19/h6-7,10,12,16H,3-5,8-9H2,1-2H3. The van der Waals surface area contributed by atoms with Crippen LogP contribution in [0.2, 0.25) is 5.02 Å². The van der Waals surface area contributed by atoms with E-state index in [1.807, 2.05) is 7.05 Å². The van der Waals surface area contributed by atoms with Crippen LogP contribution < -0.4 is 10.1 Å². The minimum atomic E-state index is -0.444. The van der Waals surface area contributed by atoms with E-state index in [0.717, 1.165) is 32.2 Å². The summed E-state index contributed by atoms with van der Waals surface area (Å²) in [6.07, 6.45) is 3.74. The van der Waals surface area contributed by atoms with Crippen molar-refractivity contribution in [3.05, 3.63) is 33.3 Å². The first-order valence-electron chi connectivity index (χ1n) is 6.83. The lowest BCUT2D eigenvalue weighted by Gasteiger charge is -2.19. The van der Waals surface area contributed by atoms with E-state index < -0.39 is 4.92 Å². The van der Waals surface area contributed by atoms with E-state index in [9.17, 15) is 10.1 Å². The maximum atomic E-state index is 11.0. The van der Waals surface area contributed by atoms with Crippen molar-refractivity contribution in [3.63, 3.8) is 0 Å². The molecule has 0 amide bonds. The van der Waals surface area contributed by atoms with Crippen LogP contribution in [0.15, 0.2) is 18.2 Å². The van der Waals surface area contributed by atoms with Gasteiger partial charge in [-0.3, -0.25) is 10.1 Å². The first-order chi connectivity index (χ1) is 9.58. The van der Waals surface area contributed by atoms with Crippen LogP contribution in [0, 0.1) is 10.1 Å². The van der Waals surface area contributed by atoms with Gasteiger partial charge in [-0.1, -0.05) is 31.4 Å². The molecule has 0 aliphatic carbocycles. The Morgan fingerprint density at radius 2 is 2.20 bits per heavy atom. The Balaban J connectivity index is 2.84. The highest BCUT2D eigenvalue weighted by molar-refractivity contribution is 6.30.